The Balaban J connectivity index is 1.73. The molecule has 0 bridgehead atoms. The van der Waals surface area contributed by atoms with Gasteiger partial charge in [0.05, 0.1) is 5.69 Å². The summed E-state index contributed by atoms with van der Waals surface area (Å²) in [6.07, 6.45) is 0. The van der Waals surface area contributed by atoms with E-state index in [9.17, 15) is 4.39 Å². The first-order valence-electron chi connectivity index (χ1n) is 7.41. The summed E-state index contributed by atoms with van der Waals surface area (Å²) in [5.74, 6) is 0.365. The van der Waals surface area contributed by atoms with Gasteiger partial charge in [-0.3, -0.25) is 0 Å². The lowest BCUT2D eigenvalue weighted by Gasteiger charge is -2.07. The zero-order valence-electron chi connectivity index (χ0n) is 13.1. The van der Waals surface area contributed by atoms with Gasteiger partial charge in [-0.05, 0) is 43.2 Å². The number of rotatable bonds is 4. The molecule has 0 aliphatic rings. The van der Waals surface area contributed by atoms with Crippen molar-refractivity contribution in [1.82, 2.24) is 10.2 Å². The fourth-order valence-electron chi connectivity index (χ4n) is 2.41. The lowest BCUT2D eigenvalue weighted by atomic mass is 10.0. The molecule has 0 aliphatic heterocycles. The van der Waals surface area contributed by atoms with Gasteiger partial charge in [-0.2, -0.15) is 0 Å². The van der Waals surface area contributed by atoms with Crippen LogP contribution in [0.15, 0.2) is 59.6 Å². The second-order valence-corrected chi connectivity index (χ2v) is 6.45. The Morgan fingerprint density at radius 3 is 2.48 bits per heavy atom. The molecule has 0 amide bonds. The molecule has 0 saturated carbocycles. The number of thioether (sulfide) groups is 1. The van der Waals surface area contributed by atoms with Crippen molar-refractivity contribution in [3.63, 3.8) is 0 Å². The zero-order valence-corrected chi connectivity index (χ0v) is 13.9. The van der Waals surface area contributed by atoms with Gasteiger partial charge in [0.2, 0.25) is 0 Å². The molecule has 23 heavy (non-hydrogen) atoms. The summed E-state index contributed by atoms with van der Waals surface area (Å²) < 4.78 is 13.6. The molecule has 116 valence electrons. The van der Waals surface area contributed by atoms with Gasteiger partial charge in [0.15, 0.2) is 0 Å². The van der Waals surface area contributed by atoms with Crippen LogP contribution in [0.2, 0.25) is 0 Å². The highest BCUT2D eigenvalue weighted by Crippen LogP contribution is 2.25. The summed E-state index contributed by atoms with van der Waals surface area (Å²) in [4.78, 5) is 0. The fourth-order valence-corrected chi connectivity index (χ4v) is 3.21. The maximum Gasteiger partial charge on any atom is 0.127 e. The molecule has 0 radical (unpaired) electrons. The molecular weight excluding hydrogens is 307 g/mol. The van der Waals surface area contributed by atoms with Crippen LogP contribution in [-0.4, -0.2) is 10.2 Å². The van der Waals surface area contributed by atoms with Crippen molar-refractivity contribution in [3.05, 3.63) is 77.1 Å². The quantitative estimate of drug-likeness (QED) is 0.618. The largest absolute Gasteiger partial charge is 0.207 e. The minimum absolute atomic E-state index is 0.181. The van der Waals surface area contributed by atoms with Crippen molar-refractivity contribution in [2.24, 2.45) is 0 Å². The van der Waals surface area contributed by atoms with Crippen LogP contribution in [0.5, 0.6) is 0 Å². The number of aryl methyl sites for hydroxylation is 2. The monoisotopic (exact) mass is 324 g/mol. The van der Waals surface area contributed by atoms with Crippen molar-refractivity contribution < 1.29 is 4.39 Å². The average molecular weight is 324 g/mol. The fraction of sp³-hybridized carbons (Fsp3) is 0.158. The van der Waals surface area contributed by atoms with E-state index in [0.717, 1.165) is 16.3 Å². The van der Waals surface area contributed by atoms with Crippen molar-refractivity contribution in [2.75, 3.05) is 0 Å². The van der Waals surface area contributed by atoms with Crippen molar-refractivity contribution in [1.29, 1.82) is 0 Å². The van der Waals surface area contributed by atoms with E-state index in [0.29, 0.717) is 11.3 Å². The highest BCUT2D eigenvalue weighted by molar-refractivity contribution is 7.98. The maximum atomic E-state index is 13.6. The minimum atomic E-state index is -0.181. The first kappa shape index (κ1) is 15.7. The van der Waals surface area contributed by atoms with Crippen LogP contribution >= 0.6 is 11.8 Å². The smallest absolute Gasteiger partial charge is 0.127 e. The lowest BCUT2D eigenvalue weighted by Crippen LogP contribution is -1.93. The van der Waals surface area contributed by atoms with Crippen LogP contribution in [0, 0.1) is 19.7 Å². The van der Waals surface area contributed by atoms with Gasteiger partial charge in [0.1, 0.15) is 10.8 Å². The predicted molar refractivity (Wildman–Crippen MR) is 92.9 cm³/mol. The molecule has 2 aromatic carbocycles. The van der Waals surface area contributed by atoms with Crippen molar-refractivity contribution in [3.8, 4) is 11.3 Å². The maximum absolute atomic E-state index is 13.6. The predicted octanol–water partition coefficient (Wildman–Crippen LogP) is 5.19. The summed E-state index contributed by atoms with van der Waals surface area (Å²) in [5.41, 5.74) is 5.05. The molecule has 4 heteroatoms. The number of halogens is 1. The number of hydrogen-bond acceptors (Lipinski definition) is 3. The molecule has 2 nitrogen and oxygen atoms in total. The standard InChI is InChI=1S/C19H17FN2S/c1-13-7-8-16(14(2)11-13)18-9-10-19(22-21-18)23-12-15-5-3-4-6-17(15)20/h3-11H,12H2,1-2H3. The molecule has 3 aromatic rings. The molecule has 0 aliphatic carbocycles. The molecule has 0 unspecified atom stereocenters. The summed E-state index contributed by atoms with van der Waals surface area (Å²) in [7, 11) is 0. The van der Waals surface area contributed by atoms with E-state index in [1.807, 2.05) is 18.2 Å². The van der Waals surface area contributed by atoms with Crippen LogP contribution in [0.3, 0.4) is 0 Å². The Kier molecular flexibility index (Phi) is 4.72. The minimum Gasteiger partial charge on any atom is -0.207 e. The molecule has 0 N–H and O–H groups in total. The number of hydrogen-bond donors (Lipinski definition) is 0. The van der Waals surface area contributed by atoms with Gasteiger partial charge in [-0.15, -0.1) is 10.2 Å². The second kappa shape index (κ2) is 6.92. The van der Waals surface area contributed by atoms with Crippen LogP contribution < -0.4 is 0 Å². The first-order chi connectivity index (χ1) is 11.1. The molecule has 1 heterocycles. The molecular formula is C19H17FN2S. The van der Waals surface area contributed by atoms with Gasteiger partial charge in [0.25, 0.3) is 0 Å². The Bertz CT molecular complexity index is 816. The third-order valence-electron chi connectivity index (χ3n) is 3.63. The van der Waals surface area contributed by atoms with E-state index in [1.165, 1.54) is 29.0 Å². The average Bonchev–Trinajstić information content (AvgIpc) is 2.55. The zero-order chi connectivity index (χ0) is 16.2. The molecule has 0 atom stereocenters. The number of aromatic nitrogens is 2. The summed E-state index contributed by atoms with van der Waals surface area (Å²) in [6.45, 7) is 4.15. The third kappa shape index (κ3) is 3.77. The SMILES string of the molecule is Cc1ccc(-c2ccc(SCc3ccccc3F)nn2)c(C)c1. The van der Waals surface area contributed by atoms with Gasteiger partial charge < -0.3 is 0 Å². The molecule has 0 saturated heterocycles. The van der Waals surface area contributed by atoms with Crippen LogP contribution in [-0.2, 0) is 5.75 Å². The van der Waals surface area contributed by atoms with Gasteiger partial charge in [-0.25, -0.2) is 4.39 Å². The first-order valence-corrected chi connectivity index (χ1v) is 8.39. The van der Waals surface area contributed by atoms with Gasteiger partial charge >= 0.3 is 0 Å². The third-order valence-corrected chi connectivity index (χ3v) is 4.60. The van der Waals surface area contributed by atoms with E-state index in [1.54, 1.807) is 12.1 Å². The Hall–Kier alpha value is -2.20. The summed E-state index contributed by atoms with van der Waals surface area (Å²) in [6, 6.07) is 17.0. The number of benzene rings is 2. The van der Waals surface area contributed by atoms with Crippen LogP contribution in [0.25, 0.3) is 11.3 Å². The van der Waals surface area contributed by atoms with E-state index in [-0.39, 0.29) is 5.82 Å². The second-order valence-electron chi connectivity index (χ2n) is 5.46. The number of nitrogens with zero attached hydrogens (tertiary/aromatic N) is 2. The Morgan fingerprint density at radius 2 is 1.78 bits per heavy atom. The summed E-state index contributed by atoms with van der Waals surface area (Å²) >= 11 is 1.48. The molecule has 0 fully saturated rings. The summed E-state index contributed by atoms with van der Waals surface area (Å²) in [5, 5.41) is 9.36. The Labute approximate surface area is 139 Å². The van der Waals surface area contributed by atoms with E-state index in [2.05, 4.69) is 42.2 Å². The van der Waals surface area contributed by atoms with Gasteiger partial charge in [-0.1, -0.05) is 53.7 Å². The highest BCUT2D eigenvalue weighted by Gasteiger charge is 2.06. The van der Waals surface area contributed by atoms with E-state index >= 15 is 0 Å². The van der Waals surface area contributed by atoms with Crippen LogP contribution in [0.1, 0.15) is 16.7 Å². The molecule has 1 aromatic heterocycles. The lowest BCUT2D eigenvalue weighted by molar-refractivity contribution is 0.617. The van der Waals surface area contributed by atoms with Crippen molar-refractivity contribution >= 4 is 11.8 Å². The van der Waals surface area contributed by atoms with E-state index in [4.69, 9.17) is 0 Å². The topological polar surface area (TPSA) is 25.8 Å². The Morgan fingerprint density at radius 1 is 0.957 bits per heavy atom. The molecule has 0 spiro atoms. The highest BCUT2D eigenvalue weighted by atomic mass is 32.2. The van der Waals surface area contributed by atoms with Crippen molar-refractivity contribution in [2.45, 2.75) is 24.6 Å². The van der Waals surface area contributed by atoms with E-state index < -0.39 is 0 Å². The normalized spacial score (nSPS) is 10.7. The molecule has 3 rings (SSSR count). The van der Waals surface area contributed by atoms with Crippen LogP contribution in [0.4, 0.5) is 4.39 Å². The van der Waals surface area contributed by atoms with Gasteiger partial charge in [0, 0.05) is 11.3 Å².